The van der Waals surface area contributed by atoms with Crippen molar-refractivity contribution < 1.29 is 22.6 Å². The SMILES string of the molecule is CSc1cccc2c1NC(c1cc(C(F)(F)F)ccc1Cl)C1OCCOC21. The van der Waals surface area contributed by atoms with Crippen molar-refractivity contribution in [1.82, 2.24) is 0 Å². The first-order valence-corrected chi connectivity index (χ1v) is 10.0. The van der Waals surface area contributed by atoms with E-state index >= 15 is 0 Å². The maximum atomic E-state index is 13.2. The van der Waals surface area contributed by atoms with Gasteiger partial charge in [0.15, 0.2) is 0 Å². The van der Waals surface area contributed by atoms with E-state index in [2.05, 4.69) is 5.32 Å². The first-order valence-electron chi connectivity index (χ1n) is 8.43. The third kappa shape index (κ3) is 3.42. The molecule has 2 heterocycles. The average molecular weight is 416 g/mol. The molecule has 0 spiro atoms. The van der Waals surface area contributed by atoms with Crippen molar-refractivity contribution >= 4 is 29.1 Å². The van der Waals surface area contributed by atoms with E-state index in [1.54, 1.807) is 11.8 Å². The van der Waals surface area contributed by atoms with Crippen molar-refractivity contribution in [2.75, 3.05) is 24.8 Å². The van der Waals surface area contributed by atoms with Gasteiger partial charge in [-0.2, -0.15) is 13.2 Å². The number of thioether (sulfide) groups is 1. The second-order valence-corrected chi connectivity index (χ2v) is 7.66. The van der Waals surface area contributed by atoms with Crippen LogP contribution in [-0.4, -0.2) is 25.6 Å². The summed E-state index contributed by atoms with van der Waals surface area (Å²) in [6, 6.07) is 8.69. The van der Waals surface area contributed by atoms with Gasteiger partial charge in [0, 0.05) is 15.5 Å². The first-order chi connectivity index (χ1) is 12.9. The highest BCUT2D eigenvalue weighted by Crippen LogP contribution is 2.48. The van der Waals surface area contributed by atoms with E-state index in [0.29, 0.717) is 18.8 Å². The van der Waals surface area contributed by atoms with Crippen molar-refractivity contribution in [3.63, 3.8) is 0 Å². The molecule has 2 aromatic rings. The number of hydrogen-bond donors (Lipinski definition) is 1. The molecule has 2 aliphatic rings. The van der Waals surface area contributed by atoms with E-state index in [1.165, 1.54) is 6.07 Å². The van der Waals surface area contributed by atoms with Gasteiger partial charge in [0.2, 0.25) is 0 Å². The highest BCUT2D eigenvalue weighted by molar-refractivity contribution is 7.98. The third-order valence-electron chi connectivity index (χ3n) is 4.86. The smallest absolute Gasteiger partial charge is 0.374 e. The van der Waals surface area contributed by atoms with Gasteiger partial charge in [-0.15, -0.1) is 11.8 Å². The Bertz CT molecular complexity index is 861. The molecule has 144 valence electrons. The minimum Gasteiger partial charge on any atom is -0.374 e. The van der Waals surface area contributed by atoms with Crippen LogP contribution in [0.15, 0.2) is 41.3 Å². The summed E-state index contributed by atoms with van der Waals surface area (Å²) in [6.45, 7) is 0.820. The lowest BCUT2D eigenvalue weighted by atomic mass is 9.87. The summed E-state index contributed by atoms with van der Waals surface area (Å²) < 4.78 is 51.6. The molecule has 0 aliphatic carbocycles. The van der Waals surface area contributed by atoms with E-state index in [4.69, 9.17) is 21.1 Å². The van der Waals surface area contributed by atoms with Crippen molar-refractivity contribution in [3.8, 4) is 0 Å². The van der Waals surface area contributed by atoms with Crippen LogP contribution in [0.2, 0.25) is 5.02 Å². The van der Waals surface area contributed by atoms with E-state index in [9.17, 15) is 13.2 Å². The van der Waals surface area contributed by atoms with Crippen LogP contribution in [0.3, 0.4) is 0 Å². The van der Waals surface area contributed by atoms with Crippen LogP contribution in [0.1, 0.15) is 28.8 Å². The summed E-state index contributed by atoms with van der Waals surface area (Å²) in [7, 11) is 0. The standard InChI is InChI=1S/C19H17ClF3NO2S/c1-27-14-4-2-3-11-15(14)24-16(18-17(11)25-7-8-26-18)12-9-10(19(21,22)23)5-6-13(12)20/h2-6,9,16-18,24H,7-8H2,1H3. The Morgan fingerprint density at radius 3 is 2.63 bits per heavy atom. The fourth-order valence-corrected chi connectivity index (χ4v) is 4.47. The maximum Gasteiger partial charge on any atom is 0.416 e. The monoisotopic (exact) mass is 415 g/mol. The van der Waals surface area contributed by atoms with Gasteiger partial charge >= 0.3 is 6.18 Å². The largest absolute Gasteiger partial charge is 0.416 e. The number of hydrogen-bond acceptors (Lipinski definition) is 4. The Balaban J connectivity index is 1.83. The minimum atomic E-state index is -4.44. The van der Waals surface area contributed by atoms with Crippen molar-refractivity contribution in [2.24, 2.45) is 0 Å². The number of anilines is 1. The Morgan fingerprint density at radius 2 is 1.89 bits per heavy atom. The molecule has 8 heteroatoms. The molecule has 2 aromatic carbocycles. The normalized spacial score (nSPS) is 24.7. The van der Waals surface area contributed by atoms with Gasteiger partial charge in [-0.3, -0.25) is 0 Å². The van der Waals surface area contributed by atoms with Crippen LogP contribution in [0.25, 0.3) is 0 Å². The molecule has 4 rings (SSSR count). The zero-order chi connectivity index (χ0) is 19.2. The van der Waals surface area contributed by atoms with Crippen molar-refractivity contribution in [3.05, 3.63) is 58.1 Å². The number of nitrogens with one attached hydrogen (secondary N) is 1. The number of para-hydroxylation sites is 1. The van der Waals surface area contributed by atoms with Crippen molar-refractivity contribution in [1.29, 1.82) is 0 Å². The van der Waals surface area contributed by atoms with E-state index in [1.807, 2.05) is 24.5 Å². The first kappa shape index (κ1) is 18.9. The zero-order valence-corrected chi connectivity index (χ0v) is 15.9. The minimum absolute atomic E-state index is 0.263. The summed E-state index contributed by atoms with van der Waals surface area (Å²) in [5.74, 6) is 0. The van der Waals surface area contributed by atoms with Gasteiger partial charge in [0.25, 0.3) is 0 Å². The molecule has 0 amide bonds. The molecule has 3 atom stereocenters. The molecule has 2 aliphatic heterocycles. The molecular weight excluding hydrogens is 399 g/mol. The summed E-state index contributed by atoms with van der Waals surface area (Å²) >= 11 is 7.86. The van der Waals surface area contributed by atoms with Crippen LogP contribution >= 0.6 is 23.4 Å². The Labute approximate surface area is 164 Å². The second kappa shape index (κ2) is 7.20. The van der Waals surface area contributed by atoms with Gasteiger partial charge in [-0.1, -0.05) is 23.7 Å². The number of alkyl halides is 3. The quantitative estimate of drug-likeness (QED) is 0.637. The van der Waals surface area contributed by atoms with Crippen LogP contribution in [-0.2, 0) is 15.7 Å². The second-order valence-electron chi connectivity index (χ2n) is 6.41. The molecule has 1 fully saturated rings. The Morgan fingerprint density at radius 1 is 1.11 bits per heavy atom. The van der Waals surface area contributed by atoms with Crippen LogP contribution in [0.4, 0.5) is 18.9 Å². The van der Waals surface area contributed by atoms with Crippen LogP contribution < -0.4 is 5.32 Å². The average Bonchev–Trinajstić information content (AvgIpc) is 2.66. The molecular formula is C19H17ClF3NO2S. The summed E-state index contributed by atoms with van der Waals surface area (Å²) in [5.41, 5.74) is 1.43. The van der Waals surface area contributed by atoms with Gasteiger partial charge in [0.1, 0.15) is 12.2 Å². The number of ether oxygens (including phenoxy) is 2. The number of fused-ring (bicyclic) bond motifs is 3. The molecule has 0 aromatic heterocycles. The predicted molar refractivity (Wildman–Crippen MR) is 99.5 cm³/mol. The van der Waals surface area contributed by atoms with E-state index in [0.717, 1.165) is 28.3 Å². The predicted octanol–water partition coefficient (Wildman–Crippen LogP) is 5.70. The molecule has 1 N–H and O–H groups in total. The maximum absolute atomic E-state index is 13.2. The molecule has 3 unspecified atom stereocenters. The Hall–Kier alpha value is -1.41. The lowest BCUT2D eigenvalue weighted by molar-refractivity contribution is -0.151. The van der Waals surface area contributed by atoms with Crippen LogP contribution in [0, 0.1) is 0 Å². The van der Waals surface area contributed by atoms with Gasteiger partial charge < -0.3 is 14.8 Å². The fraction of sp³-hybridized carbons (Fsp3) is 0.368. The molecule has 27 heavy (non-hydrogen) atoms. The molecule has 1 saturated heterocycles. The highest BCUT2D eigenvalue weighted by Gasteiger charge is 2.43. The molecule has 0 bridgehead atoms. The molecule has 0 saturated carbocycles. The fourth-order valence-electron chi connectivity index (χ4n) is 3.64. The Kier molecular flexibility index (Phi) is 5.05. The van der Waals surface area contributed by atoms with Crippen molar-refractivity contribution in [2.45, 2.75) is 29.3 Å². The van der Waals surface area contributed by atoms with E-state index in [-0.39, 0.29) is 11.1 Å². The van der Waals surface area contributed by atoms with Gasteiger partial charge in [-0.25, -0.2) is 0 Å². The lowest BCUT2D eigenvalue weighted by Crippen LogP contribution is -2.43. The summed E-state index contributed by atoms with van der Waals surface area (Å²) in [5, 5.41) is 3.64. The number of halogens is 4. The highest BCUT2D eigenvalue weighted by atomic mass is 35.5. The third-order valence-corrected chi connectivity index (χ3v) is 5.99. The van der Waals surface area contributed by atoms with Crippen LogP contribution in [0.5, 0.6) is 0 Å². The summed E-state index contributed by atoms with van der Waals surface area (Å²) in [6.07, 6.45) is -3.32. The summed E-state index contributed by atoms with van der Waals surface area (Å²) in [4.78, 5) is 0.994. The topological polar surface area (TPSA) is 30.5 Å². The molecule has 0 radical (unpaired) electrons. The number of benzene rings is 2. The zero-order valence-electron chi connectivity index (χ0n) is 14.3. The van der Waals surface area contributed by atoms with Gasteiger partial charge in [0.05, 0.1) is 30.5 Å². The van der Waals surface area contributed by atoms with E-state index < -0.39 is 23.9 Å². The lowest BCUT2D eigenvalue weighted by Gasteiger charge is -2.43. The van der Waals surface area contributed by atoms with Gasteiger partial charge in [-0.05, 0) is 36.1 Å². The number of rotatable bonds is 2. The molecule has 3 nitrogen and oxygen atoms in total.